The smallest absolute Gasteiger partial charge is 0.235 e. The lowest BCUT2D eigenvalue weighted by molar-refractivity contribution is -0.119. The van der Waals surface area contributed by atoms with Gasteiger partial charge in [-0.1, -0.05) is 0 Å². The lowest BCUT2D eigenvalue weighted by atomic mass is 10.1. The number of ether oxygens (including phenoxy) is 1. The number of thioether (sulfide) groups is 1. The summed E-state index contributed by atoms with van der Waals surface area (Å²) in [4.78, 5) is 35.4. The Labute approximate surface area is 224 Å². The van der Waals surface area contributed by atoms with Crippen molar-refractivity contribution in [1.82, 2.24) is 19.4 Å². The minimum Gasteiger partial charge on any atom is -0.379 e. The van der Waals surface area contributed by atoms with Crippen molar-refractivity contribution in [2.24, 2.45) is 0 Å². The van der Waals surface area contributed by atoms with Gasteiger partial charge < -0.3 is 4.74 Å². The molecule has 12 heteroatoms. The molecule has 0 N–H and O–H groups in total. The van der Waals surface area contributed by atoms with E-state index in [1.807, 2.05) is 28.8 Å². The van der Waals surface area contributed by atoms with E-state index in [1.54, 1.807) is 18.5 Å². The van der Waals surface area contributed by atoms with E-state index in [9.17, 15) is 18.0 Å². The van der Waals surface area contributed by atoms with Crippen LogP contribution in [0.15, 0.2) is 41.6 Å². The second-order valence-electron chi connectivity index (χ2n) is 9.53. The molecule has 10 nitrogen and oxygen atoms in total. The normalized spacial score (nSPS) is 19.7. The van der Waals surface area contributed by atoms with Crippen molar-refractivity contribution in [3.63, 3.8) is 0 Å². The SMILES string of the molecule is O=C1CC(=O)/C(=C/c2ccc3ncn(-c4ccc5c(c4)CCN5S(=O)(=O)CCCN4CCOCC4)c3n2)S1. The molecule has 0 spiro atoms. The fourth-order valence-electron chi connectivity index (χ4n) is 5.06. The second-order valence-corrected chi connectivity index (χ2v) is 12.6. The number of pyridine rings is 1. The number of carbonyl (C=O) groups is 2. The molecular formula is C26H27N5O5S2. The molecule has 198 valence electrons. The number of sulfonamides is 1. The van der Waals surface area contributed by atoms with Gasteiger partial charge in [0.25, 0.3) is 0 Å². The maximum atomic E-state index is 13.2. The number of benzene rings is 1. The number of hydrogen-bond donors (Lipinski definition) is 0. The Morgan fingerprint density at radius 3 is 2.71 bits per heavy atom. The lowest BCUT2D eigenvalue weighted by Gasteiger charge is -2.27. The van der Waals surface area contributed by atoms with Crippen LogP contribution in [-0.4, -0.2) is 83.9 Å². The van der Waals surface area contributed by atoms with E-state index >= 15 is 0 Å². The first-order valence-corrected chi connectivity index (χ1v) is 15.0. The molecule has 3 aliphatic heterocycles. The lowest BCUT2D eigenvalue weighted by Crippen LogP contribution is -2.38. The molecule has 3 aliphatic rings. The summed E-state index contributed by atoms with van der Waals surface area (Å²) in [6, 6.07) is 9.32. The van der Waals surface area contributed by atoms with E-state index in [1.165, 1.54) is 4.31 Å². The van der Waals surface area contributed by atoms with E-state index < -0.39 is 10.0 Å². The largest absolute Gasteiger partial charge is 0.379 e. The zero-order valence-corrected chi connectivity index (χ0v) is 22.3. The van der Waals surface area contributed by atoms with Crippen LogP contribution >= 0.6 is 11.8 Å². The summed E-state index contributed by atoms with van der Waals surface area (Å²) < 4.78 is 35.1. The molecule has 0 atom stereocenters. The molecule has 38 heavy (non-hydrogen) atoms. The maximum absolute atomic E-state index is 13.2. The Morgan fingerprint density at radius 2 is 1.92 bits per heavy atom. The molecule has 0 amide bonds. The number of fused-ring (bicyclic) bond motifs is 2. The van der Waals surface area contributed by atoms with Crippen LogP contribution < -0.4 is 4.31 Å². The molecule has 0 unspecified atom stereocenters. The van der Waals surface area contributed by atoms with Crippen molar-refractivity contribution in [2.75, 3.05) is 49.5 Å². The van der Waals surface area contributed by atoms with Crippen molar-refractivity contribution in [3.8, 4) is 5.69 Å². The Hall–Kier alpha value is -3.06. The molecule has 0 bridgehead atoms. The first-order chi connectivity index (χ1) is 18.4. The van der Waals surface area contributed by atoms with Gasteiger partial charge in [0, 0.05) is 25.3 Å². The topological polar surface area (TPSA) is 115 Å². The van der Waals surface area contributed by atoms with E-state index in [0.717, 1.165) is 48.3 Å². The number of Topliss-reactive ketones (excluding diaryl/α,β-unsaturated/α-hetero) is 1. The van der Waals surface area contributed by atoms with Crippen molar-refractivity contribution in [1.29, 1.82) is 0 Å². The third-order valence-corrected chi connectivity index (χ3v) is 9.80. The Kier molecular flexibility index (Phi) is 6.81. The minimum absolute atomic E-state index is 0.0770. The van der Waals surface area contributed by atoms with Crippen molar-refractivity contribution in [2.45, 2.75) is 19.3 Å². The maximum Gasteiger partial charge on any atom is 0.235 e. The molecule has 0 aliphatic carbocycles. The van der Waals surface area contributed by atoms with Gasteiger partial charge in [-0.15, -0.1) is 0 Å². The number of nitrogens with zero attached hydrogens (tertiary/aromatic N) is 5. The van der Waals surface area contributed by atoms with Crippen molar-refractivity contribution in [3.05, 3.63) is 52.8 Å². The number of imidazole rings is 1. The number of morpholine rings is 1. The van der Waals surface area contributed by atoms with Gasteiger partial charge in [-0.05, 0) is 73.1 Å². The molecule has 0 saturated carbocycles. The highest BCUT2D eigenvalue weighted by atomic mass is 32.2. The van der Waals surface area contributed by atoms with Crippen LogP contribution in [0.2, 0.25) is 0 Å². The van der Waals surface area contributed by atoms with Gasteiger partial charge >= 0.3 is 0 Å². The molecule has 6 rings (SSSR count). The van der Waals surface area contributed by atoms with Gasteiger partial charge in [-0.2, -0.15) is 0 Å². The predicted octanol–water partition coefficient (Wildman–Crippen LogP) is 2.41. The minimum atomic E-state index is -3.42. The number of hydrogen-bond acceptors (Lipinski definition) is 9. The molecule has 5 heterocycles. The van der Waals surface area contributed by atoms with Crippen LogP contribution in [0.1, 0.15) is 24.1 Å². The molecule has 1 aromatic carbocycles. The van der Waals surface area contributed by atoms with Crippen molar-refractivity contribution >= 4 is 55.6 Å². The number of aromatic nitrogens is 3. The first kappa shape index (κ1) is 25.2. The standard InChI is InChI=1S/C26H27N5O5S2/c32-23-16-25(33)37-24(23)15-19-2-4-21-26(28-19)30(17-27-21)20-3-5-22-18(14-20)6-8-31(22)38(34,35)13-1-7-29-9-11-36-12-10-29/h2-5,14-15,17H,1,6-13,16H2/b24-15-. The molecule has 0 radical (unpaired) electrons. The van der Waals surface area contributed by atoms with Crippen LogP contribution in [0.4, 0.5) is 5.69 Å². The zero-order chi connectivity index (χ0) is 26.3. The Bertz CT molecular complexity index is 1560. The van der Waals surface area contributed by atoms with Gasteiger partial charge in [0.05, 0.1) is 41.7 Å². The van der Waals surface area contributed by atoms with E-state index in [-0.39, 0.29) is 23.1 Å². The highest BCUT2D eigenvalue weighted by Crippen LogP contribution is 2.34. The number of carbonyl (C=O) groups excluding carboxylic acids is 2. The van der Waals surface area contributed by atoms with Crippen LogP contribution in [-0.2, 0) is 30.8 Å². The van der Waals surface area contributed by atoms with Crippen LogP contribution in [0.5, 0.6) is 0 Å². The average Bonchev–Trinajstić information content (AvgIpc) is 3.60. The molecule has 2 aromatic heterocycles. The number of anilines is 1. The Morgan fingerprint density at radius 1 is 1.08 bits per heavy atom. The third kappa shape index (κ3) is 5.00. The summed E-state index contributed by atoms with van der Waals surface area (Å²) >= 11 is 0.953. The first-order valence-electron chi connectivity index (χ1n) is 12.6. The fourth-order valence-corrected chi connectivity index (χ4v) is 7.43. The summed E-state index contributed by atoms with van der Waals surface area (Å²) in [7, 11) is -3.42. The Balaban J connectivity index is 1.21. The van der Waals surface area contributed by atoms with Gasteiger partial charge in [0.15, 0.2) is 11.4 Å². The van der Waals surface area contributed by atoms with Gasteiger partial charge in [0.2, 0.25) is 15.1 Å². The monoisotopic (exact) mass is 553 g/mol. The summed E-state index contributed by atoms with van der Waals surface area (Å²) in [5.41, 5.74) is 4.40. The summed E-state index contributed by atoms with van der Waals surface area (Å²) in [5.74, 6) is -0.0682. The van der Waals surface area contributed by atoms with E-state index in [2.05, 4.69) is 14.9 Å². The van der Waals surface area contributed by atoms with Gasteiger partial charge in [-0.3, -0.25) is 23.4 Å². The summed E-state index contributed by atoms with van der Waals surface area (Å²) in [6.45, 7) is 4.30. The van der Waals surface area contributed by atoms with E-state index in [0.29, 0.717) is 54.4 Å². The predicted molar refractivity (Wildman–Crippen MR) is 146 cm³/mol. The molecular weight excluding hydrogens is 526 g/mol. The number of rotatable bonds is 7. The van der Waals surface area contributed by atoms with Crippen LogP contribution in [0.25, 0.3) is 22.9 Å². The fraction of sp³-hybridized carbons (Fsp3) is 0.385. The average molecular weight is 554 g/mol. The quantitative estimate of drug-likeness (QED) is 0.321. The highest BCUT2D eigenvalue weighted by Gasteiger charge is 2.30. The third-order valence-electron chi connectivity index (χ3n) is 7.01. The summed E-state index contributed by atoms with van der Waals surface area (Å²) in [6.07, 6.45) is 4.47. The van der Waals surface area contributed by atoms with E-state index in [4.69, 9.17) is 4.74 Å². The zero-order valence-electron chi connectivity index (χ0n) is 20.7. The van der Waals surface area contributed by atoms with Crippen molar-refractivity contribution < 1.29 is 22.7 Å². The highest BCUT2D eigenvalue weighted by molar-refractivity contribution is 8.18. The van der Waals surface area contributed by atoms with Crippen LogP contribution in [0.3, 0.4) is 0 Å². The second kappa shape index (κ2) is 10.3. The number of allylic oxidation sites excluding steroid dienone is 1. The van der Waals surface area contributed by atoms with Gasteiger partial charge in [-0.25, -0.2) is 18.4 Å². The van der Waals surface area contributed by atoms with Crippen LogP contribution in [0, 0.1) is 0 Å². The molecule has 3 aromatic rings. The number of ketones is 1. The van der Waals surface area contributed by atoms with Gasteiger partial charge in [0.1, 0.15) is 11.8 Å². The molecule has 2 fully saturated rings. The summed E-state index contributed by atoms with van der Waals surface area (Å²) in [5, 5.41) is -0.154. The molecule has 2 saturated heterocycles.